The summed E-state index contributed by atoms with van der Waals surface area (Å²) in [6.45, 7) is 4.55. The van der Waals surface area contributed by atoms with Gasteiger partial charge in [-0.05, 0) is 32.3 Å². The molecule has 3 aromatic rings. The van der Waals surface area contributed by atoms with Gasteiger partial charge in [-0.2, -0.15) is 14.6 Å². The predicted molar refractivity (Wildman–Crippen MR) is 110 cm³/mol. The topological polar surface area (TPSA) is 112 Å². The maximum absolute atomic E-state index is 12.9. The Bertz CT molecular complexity index is 1190. The largest absolute Gasteiger partial charge is 0.455 e. The van der Waals surface area contributed by atoms with Gasteiger partial charge in [-0.1, -0.05) is 30.3 Å². The molecule has 4 rings (SSSR count). The lowest BCUT2D eigenvalue weighted by atomic mass is 10.1. The molecule has 1 saturated heterocycles. The Morgan fingerprint density at radius 2 is 1.90 bits per heavy atom. The molecule has 0 aliphatic carbocycles. The number of nitriles is 1. The summed E-state index contributed by atoms with van der Waals surface area (Å²) in [6.07, 6.45) is 1.70. The fourth-order valence-electron chi connectivity index (χ4n) is 3.52. The van der Waals surface area contributed by atoms with E-state index < -0.39 is 10.0 Å². The highest BCUT2D eigenvalue weighted by Gasteiger charge is 2.32. The van der Waals surface area contributed by atoms with Gasteiger partial charge in [0.05, 0.1) is 6.04 Å². The molecule has 0 saturated carbocycles. The number of nitrogens with zero attached hydrogens (tertiary/aromatic N) is 3. The Kier molecular flexibility index (Phi) is 5.37. The summed E-state index contributed by atoms with van der Waals surface area (Å²) in [5, 5.41) is 12.6. The van der Waals surface area contributed by atoms with Crippen LogP contribution in [0, 0.1) is 18.3 Å². The molecule has 1 N–H and O–H groups in total. The van der Waals surface area contributed by atoms with Gasteiger partial charge in [0, 0.05) is 19.2 Å². The van der Waals surface area contributed by atoms with Gasteiger partial charge in [0.2, 0.25) is 21.6 Å². The van der Waals surface area contributed by atoms with Gasteiger partial charge < -0.3 is 14.2 Å². The molecule has 30 heavy (non-hydrogen) atoms. The van der Waals surface area contributed by atoms with Crippen LogP contribution in [0.2, 0.25) is 0 Å². The van der Waals surface area contributed by atoms with E-state index in [1.807, 2.05) is 43.3 Å². The van der Waals surface area contributed by atoms with Crippen LogP contribution in [0.4, 0.5) is 5.88 Å². The van der Waals surface area contributed by atoms with Gasteiger partial charge >= 0.3 is 0 Å². The smallest absolute Gasteiger partial charge is 0.266 e. The van der Waals surface area contributed by atoms with Crippen LogP contribution in [0.5, 0.6) is 0 Å². The van der Waals surface area contributed by atoms with Crippen molar-refractivity contribution in [2.75, 3.05) is 18.4 Å². The molecule has 0 bridgehead atoms. The van der Waals surface area contributed by atoms with Crippen molar-refractivity contribution in [3.8, 4) is 17.7 Å². The molecule has 0 spiro atoms. The van der Waals surface area contributed by atoms with Crippen molar-refractivity contribution in [3.63, 3.8) is 0 Å². The van der Waals surface area contributed by atoms with E-state index in [9.17, 15) is 13.7 Å². The molecule has 1 fully saturated rings. The Hall–Kier alpha value is -3.09. The van der Waals surface area contributed by atoms with E-state index in [1.165, 1.54) is 10.4 Å². The first-order chi connectivity index (χ1) is 14.4. The zero-order valence-corrected chi connectivity index (χ0v) is 17.6. The molecule has 1 aromatic carbocycles. The van der Waals surface area contributed by atoms with Gasteiger partial charge in [0.15, 0.2) is 5.76 Å². The number of hydrogen-bond acceptors (Lipinski definition) is 7. The van der Waals surface area contributed by atoms with Crippen molar-refractivity contribution >= 4 is 15.9 Å². The third-order valence-corrected chi connectivity index (χ3v) is 7.15. The Morgan fingerprint density at radius 3 is 2.57 bits per heavy atom. The zero-order chi connectivity index (χ0) is 21.3. The highest BCUT2D eigenvalue weighted by molar-refractivity contribution is 7.89. The van der Waals surface area contributed by atoms with Crippen LogP contribution in [0.15, 0.2) is 50.1 Å². The minimum atomic E-state index is -3.63. The minimum Gasteiger partial charge on any atom is -0.455 e. The van der Waals surface area contributed by atoms with Crippen molar-refractivity contribution in [2.24, 2.45) is 0 Å². The summed E-state index contributed by atoms with van der Waals surface area (Å²) >= 11 is 0. The Labute approximate surface area is 175 Å². The highest BCUT2D eigenvalue weighted by Crippen LogP contribution is 2.33. The molecule has 1 aliphatic heterocycles. The first kappa shape index (κ1) is 20.2. The van der Waals surface area contributed by atoms with Crippen molar-refractivity contribution in [1.82, 2.24) is 9.29 Å². The molecule has 8 nitrogen and oxygen atoms in total. The molecule has 0 amide bonds. The molecule has 2 aromatic heterocycles. The highest BCUT2D eigenvalue weighted by atomic mass is 32.2. The summed E-state index contributed by atoms with van der Waals surface area (Å²) in [6, 6.07) is 13.0. The molecule has 1 aliphatic rings. The number of rotatable bonds is 6. The molecule has 156 valence electrons. The Morgan fingerprint density at radius 1 is 1.20 bits per heavy atom. The van der Waals surface area contributed by atoms with Crippen LogP contribution in [-0.4, -0.2) is 30.8 Å². The summed E-state index contributed by atoms with van der Waals surface area (Å²) in [5.74, 6) is 0.699. The van der Waals surface area contributed by atoms with E-state index in [0.29, 0.717) is 13.1 Å². The number of hydrogen-bond donors (Lipinski definition) is 1. The second kappa shape index (κ2) is 7.97. The van der Waals surface area contributed by atoms with E-state index in [2.05, 4.69) is 10.3 Å². The maximum Gasteiger partial charge on any atom is 0.266 e. The third kappa shape index (κ3) is 3.72. The van der Waals surface area contributed by atoms with E-state index in [1.54, 1.807) is 6.92 Å². The molecule has 0 radical (unpaired) electrons. The van der Waals surface area contributed by atoms with Gasteiger partial charge in [0.25, 0.3) is 5.89 Å². The molecule has 9 heteroatoms. The quantitative estimate of drug-likeness (QED) is 0.632. The lowest BCUT2D eigenvalue weighted by molar-refractivity contribution is 0.469. The number of aryl methyl sites for hydroxylation is 1. The molecule has 1 atom stereocenters. The summed E-state index contributed by atoms with van der Waals surface area (Å²) < 4.78 is 38.6. The second-order valence-corrected chi connectivity index (χ2v) is 9.13. The average Bonchev–Trinajstić information content (AvgIpc) is 3.48. The van der Waals surface area contributed by atoms with Crippen molar-refractivity contribution in [2.45, 2.75) is 37.6 Å². The first-order valence-electron chi connectivity index (χ1n) is 9.73. The number of anilines is 1. The third-order valence-electron chi connectivity index (χ3n) is 5.15. The maximum atomic E-state index is 12.9. The van der Waals surface area contributed by atoms with Crippen LogP contribution in [0.1, 0.15) is 42.8 Å². The van der Waals surface area contributed by atoms with Gasteiger partial charge in [-0.3, -0.25) is 0 Å². The second-order valence-electron chi connectivity index (χ2n) is 7.23. The molecular weight excluding hydrogens is 404 g/mol. The molecule has 0 unspecified atom stereocenters. The van der Waals surface area contributed by atoms with Crippen LogP contribution in [0.3, 0.4) is 0 Å². The van der Waals surface area contributed by atoms with Crippen LogP contribution >= 0.6 is 0 Å². The molecular formula is C21H22N4O4S. The van der Waals surface area contributed by atoms with Crippen molar-refractivity contribution in [3.05, 3.63) is 53.4 Å². The van der Waals surface area contributed by atoms with E-state index >= 15 is 0 Å². The first-order valence-corrected chi connectivity index (χ1v) is 11.2. The van der Waals surface area contributed by atoms with E-state index in [0.717, 1.165) is 18.4 Å². The number of furan rings is 1. The average molecular weight is 426 g/mol. The summed E-state index contributed by atoms with van der Waals surface area (Å²) in [4.78, 5) is 4.29. The van der Waals surface area contributed by atoms with Crippen LogP contribution in [0.25, 0.3) is 11.7 Å². The summed E-state index contributed by atoms with van der Waals surface area (Å²) in [7, 11) is -3.63. The summed E-state index contributed by atoms with van der Waals surface area (Å²) in [5.41, 5.74) is 1.10. The number of nitrogens with one attached hydrogen (secondary N) is 1. The number of aromatic nitrogens is 1. The van der Waals surface area contributed by atoms with Crippen LogP contribution in [-0.2, 0) is 10.0 Å². The molecule has 3 heterocycles. The minimum absolute atomic E-state index is 0.0558. The monoisotopic (exact) mass is 426 g/mol. The number of benzene rings is 1. The lowest BCUT2D eigenvalue weighted by Crippen LogP contribution is -2.27. The Balaban J connectivity index is 1.63. The normalized spacial score (nSPS) is 15.8. The van der Waals surface area contributed by atoms with E-state index in [-0.39, 0.29) is 39.9 Å². The number of sulfonamides is 1. The van der Waals surface area contributed by atoms with Crippen molar-refractivity contribution in [1.29, 1.82) is 5.26 Å². The predicted octanol–water partition coefficient (Wildman–Crippen LogP) is 4.07. The number of oxazole rings is 1. The van der Waals surface area contributed by atoms with E-state index in [4.69, 9.17) is 8.83 Å². The van der Waals surface area contributed by atoms with Crippen molar-refractivity contribution < 1.29 is 17.3 Å². The van der Waals surface area contributed by atoms with Gasteiger partial charge in [-0.15, -0.1) is 0 Å². The zero-order valence-electron chi connectivity index (χ0n) is 16.8. The fourth-order valence-corrected chi connectivity index (χ4v) is 5.19. The van der Waals surface area contributed by atoms with Gasteiger partial charge in [-0.25, -0.2) is 8.42 Å². The lowest BCUT2D eigenvalue weighted by Gasteiger charge is -2.14. The fraction of sp³-hybridized carbons (Fsp3) is 0.333. The standard InChI is InChI=1S/C21H22N4O4S/c1-14(16-8-4-3-5-9-16)23-20-17(13-22)24-21(29-20)18-12-19(15(2)28-18)30(26,27)25-10-6-7-11-25/h3-5,8-9,12,14,23H,6-7,10-11H2,1-2H3/t14-/m1/s1. The van der Waals surface area contributed by atoms with Gasteiger partial charge in [0.1, 0.15) is 16.7 Å². The van der Waals surface area contributed by atoms with Crippen LogP contribution < -0.4 is 5.32 Å². The SMILES string of the molecule is Cc1oc(-c2nc(C#N)c(N[C@H](C)c3ccccc3)o2)cc1S(=O)(=O)N1CCCC1.